The second-order valence-corrected chi connectivity index (χ2v) is 6.24. The fraction of sp³-hybridized carbons (Fsp3) is 0.263. The lowest BCUT2D eigenvalue weighted by atomic mass is 10.2. The smallest absolute Gasteiger partial charge is 0.171 e. The van der Waals surface area contributed by atoms with Crippen LogP contribution < -0.4 is 10.2 Å². The molecule has 0 saturated carbocycles. The van der Waals surface area contributed by atoms with E-state index < -0.39 is 0 Å². The molecule has 132 valence electrons. The number of pyridine rings is 2. The average Bonchev–Trinajstić information content (AvgIpc) is 3.15. The van der Waals surface area contributed by atoms with Gasteiger partial charge in [-0.05, 0) is 37.6 Å². The maximum absolute atomic E-state index is 9.18. The van der Waals surface area contributed by atoms with E-state index in [1.165, 1.54) is 0 Å². The topological polar surface area (TPSA) is 82.7 Å². The average molecular weight is 347 g/mol. The Morgan fingerprint density at radius 1 is 1.23 bits per heavy atom. The number of aromatic nitrogens is 4. The van der Waals surface area contributed by atoms with Crippen LogP contribution >= 0.6 is 0 Å². The predicted octanol–water partition coefficient (Wildman–Crippen LogP) is 2.99. The first-order valence-corrected chi connectivity index (χ1v) is 8.40. The minimum Gasteiger partial charge on any atom is -0.378 e. The minimum absolute atomic E-state index is 0.405. The van der Waals surface area contributed by atoms with Crippen LogP contribution in [0.2, 0.25) is 0 Å². The third-order valence-corrected chi connectivity index (χ3v) is 4.15. The van der Waals surface area contributed by atoms with E-state index in [1.807, 2.05) is 25.5 Å². The van der Waals surface area contributed by atoms with Gasteiger partial charge in [-0.3, -0.25) is 0 Å². The van der Waals surface area contributed by atoms with E-state index >= 15 is 0 Å². The fourth-order valence-electron chi connectivity index (χ4n) is 2.40. The summed E-state index contributed by atoms with van der Waals surface area (Å²) < 4.78 is 1.60. The molecule has 0 aliphatic heterocycles. The van der Waals surface area contributed by atoms with Crippen molar-refractivity contribution in [2.24, 2.45) is 0 Å². The van der Waals surface area contributed by atoms with Gasteiger partial charge in [-0.15, -0.1) is 0 Å². The van der Waals surface area contributed by atoms with Crippen LogP contribution in [0.25, 0.3) is 5.82 Å². The standard InChI is InChI=1S/C19H21N7/c1-14(2)25(3)18-7-6-15(11-23-18)10-22-17-12-24-26(13-17)19-16(9-20)5-4-8-21-19/h4-8,11-14,22H,10H2,1-3H3. The molecule has 0 unspecified atom stereocenters. The van der Waals surface area contributed by atoms with Crippen molar-refractivity contribution in [1.82, 2.24) is 19.7 Å². The highest BCUT2D eigenvalue weighted by Gasteiger charge is 2.08. The molecule has 3 rings (SSSR count). The number of hydrogen-bond acceptors (Lipinski definition) is 6. The predicted molar refractivity (Wildman–Crippen MR) is 101 cm³/mol. The molecule has 0 atom stereocenters. The number of rotatable bonds is 6. The fourth-order valence-corrected chi connectivity index (χ4v) is 2.40. The summed E-state index contributed by atoms with van der Waals surface area (Å²) in [6.07, 6.45) is 7.05. The van der Waals surface area contributed by atoms with Gasteiger partial charge in [0, 0.05) is 32.0 Å². The van der Waals surface area contributed by atoms with Crippen molar-refractivity contribution in [3.8, 4) is 11.9 Å². The van der Waals surface area contributed by atoms with Gasteiger partial charge < -0.3 is 10.2 Å². The van der Waals surface area contributed by atoms with Gasteiger partial charge in [-0.25, -0.2) is 14.6 Å². The monoisotopic (exact) mass is 347 g/mol. The van der Waals surface area contributed by atoms with Gasteiger partial charge in [0.15, 0.2) is 5.82 Å². The SMILES string of the molecule is CC(C)N(C)c1ccc(CNc2cnn(-c3ncccc3C#N)c2)cn1. The molecular weight excluding hydrogens is 326 g/mol. The summed E-state index contributed by atoms with van der Waals surface area (Å²) in [4.78, 5) is 10.9. The molecule has 3 aromatic rings. The maximum atomic E-state index is 9.18. The lowest BCUT2D eigenvalue weighted by Gasteiger charge is -2.22. The zero-order valence-electron chi connectivity index (χ0n) is 15.1. The van der Waals surface area contributed by atoms with E-state index in [0.29, 0.717) is 24.0 Å². The molecule has 0 aliphatic rings. The van der Waals surface area contributed by atoms with Crippen molar-refractivity contribution in [3.63, 3.8) is 0 Å². The first-order valence-electron chi connectivity index (χ1n) is 8.40. The first-order chi connectivity index (χ1) is 12.6. The molecule has 7 heteroatoms. The molecule has 0 aliphatic carbocycles. The molecule has 0 bridgehead atoms. The third kappa shape index (κ3) is 3.81. The van der Waals surface area contributed by atoms with E-state index in [2.05, 4.69) is 51.3 Å². The summed E-state index contributed by atoms with van der Waals surface area (Å²) in [5, 5.41) is 16.8. The number of nitrogens with zero attached hydrogens (tertiary/aromatic N) is 6. The van der Waals surface area contributed by atoms with Crippen molar-refractivity contribution in [3.05, 3.63) is 60.2 Å². The molecule has 3 aromatic heterocycles. The highest BCUT2D eigenvalue weighted by Crippen LogP contribution is 2.15. The molecule has 3 heterocycles. The number of nitriles is 1. The van der Waals surface area contributed by atoms with Crippen LogP contribution in [-0.2, 0) is 6.54 Å². The van der Waals surface area contributed by atoms with E-state index in [1.54, 1.807) is 29.2 Å². The van der Waals surface area contributed by atoms with E-state index in [0.717, 1.165) is 17.1 Å². The molecule has 0 aromatic carbocycles. The van der Waals surface area contributed by atoms with Crippen molar-refractivity contribution in [2.45, 2.75) is 26.4 Å². The Morgan fingerprint density at radius 2 is 2.08 bits per heavy atom. The Hall–Kier alpha value is -3.40. The largest absolute Gasteiger partial charge is 0.378 e. The highest BCUT2D eigenvalue weighted by atomic mass is 15.3. The van der Waals surface area contributed by atoms with Gasteiger partial charge in [0.05, 0.1) is 23.6 Å². The second kappa shape index (κ2) is 7.66. The number of anilines is 2. The normalized spacial score (nSPS) is 10.6. The molecule has 0 radical (unpaired) electrons. The summed E-state index contributed by atoms with van der Waals surface area (Å²) in [5.74, 6) is 1.47. The van der Waals surface area contributed by atoms with Gasteiger partial charge in [-0.1, -0.05) is 6.07 Å². The van der Waals surface area contributed by atoms with Crippen LogP contribution in [0, 0.1) is 11.3 Å². The quantitative estimate of drug-likeness (QED) is 0.738. The van der Waals surface area contributed by atoms with Crippen LogP contribution in [0.1, 0.15) is 25.0 Å². The van der Waals surface area contributed by atoms with Crippen LogP contribution in [0.5, 0.6) is 0 Å². The molecule has 0 amide bonds. The summed E-state index contributed by atoms with van der Waals surface area (Å²) in [5.41, 5.74) is 2.41. The Bertz CT molecular complexity index is 906. The van der Waals surface area contributed by atoms with Crippen LogP contribution in [0.4, 0.5) is 11.5 Å². The van der Waals surface area contributed by atoms with E-state index in [-0.39, 0.29) is 0 Å². The summed E-state index contributed by atoms with van der Waals surface area (Å²) in [6.45, 7) is 4.90. The highest BCUT2D eigenvalue weighted by molar-refractivity contribution is 5.47. The molecule has 0 spiro atoms. The van der Waals surface area contributed by atoms with Crippen LogP contribution in [0.15, 0.2) is 49.1 Å². The molecule has 0 saturated heterocycles. The van der Waals surface area contributed by atoms with Crippen molar-refractivity contribution >= 4 is 11.5 Å². The van der Waals surface area contributed by atoms with Gasteiger partial charge in [0.25, 0.3) is 0 Å². The van der Waals surface area contributed by atoms with E-state index in [4.69, 9.17) is 0 Å². The third-order valence-electron chi connectivity index (χ3n) is 4.15. The second-order valence-electron chi connectivity index (χ2n) is 6.24. The Balaban J connectivity index is 1.66. The molecule has 7 nitrogen and oxygen atoms in total. The maximum Gasteiger partial charge on any atom is 0.171 e. The lowest BCUT2D eigenvalue weighted by molar-refractivity contribution is 0.742. The Morgan fingerprint density at radius 3 is 2.77 bits per heavy atom. The Labute approximate surface area is 152 Å². The van der Waals surface area contributed by atoms with E-state index in [9.17, 15) is 5.26 Å². The van der Waals surface area contributed by atoms with Crippen molar-refractivity contribution in [2.75, 3.05) is 17.3 Å². The zero-order valence-corrected chi connectivity index (χ0v) is 15.1. The van der Waals surface area contributed by atoms with Gasteiger partial charge in [0.2, 0.25) is 0 Å². The van der Waals surface area contributed by atoms with Gasteiger partial charge in [0.1, 0.15) is 11.9 Å². The van der Waals surface area contributed by atoms with Gasteiger partial charge in [-0.2, -0.15) is 10.4 Å². The molecule has 1 N–H and O–H groups in total. The van der Waals surface area contributed by atoms with Crippen molar-refractivity contribution < 1.29 is 0 Å². The zero-order chi connectivity index (χ0) is 18.5. The summed E-state index contributed by atoms with van der Waals surface area (Å²) >= 11 is 0. The van der Waals surface area contributed by atoms with Crippen LogP contribution in [-0.4, -0.2) is 32.8 Å². The molecular formula is C19H21N7. The first kappa shape index (κ1) is 17.4. The summed E-state index contributed by atoms with van der Waals surface area (Å²) in [7, 11) is 2.03. The van der Waals surface area contributed by atoms with Crippen molar-refractivity contribution in [1.29, 1.82) is 5.26 Å². The van der Waals surface area contributed by atoms with Gasteiger partial charge >= 0.3 is 0 Å². The van der Waals surface area contributed by atoms with Crippen LogP contribution in [0.3, 0.4) is 0 Å². The molecule has 0 fully saturated rings. The minimum atomic E-state index is 0.405. The summed E-state index contributed by atoms with van der Waals surface area (Å²) in [6, 6.07) is 10.1. The lowest BCUT2D eigenvalue weighted by Crippen LogP contribution is -2.26. The number of nitrogens with one attached hydrogen (secondary N) is 1. The molecule has 26 heavy (non-hydrogen) atoms. The Kier molecular flexibility index (Phi) is 5.13. The number of hydrogen-bond donors (Lipinski definition) is 1.